The van der Waals surface area contributed by atoms with Gasteiger partial charge >= 0.3 is 0 Å². The van der Waals surface area contributed by atoms with Crippen molar-refractivity contribution in [3.8, 4) is 12.3 Å². The summed E-state index contributed by atoms with van der Waals surface area (Å²) in [6.45, 7) is 0.0550. The van der Waals surface area contributed by atoms with E-state index in [0.29, 0.717) is 0 Å². The molecule has 0 fully saturated rings. The van der Waals surface area contributed by atoms with Crippen LogP contribution in [-0.4, -0.2) is 17.5 Å². The topological polar surface area (TPSA) is 72.4 Å². The predicted octanol–water partition coefficient (Wildman–Crippen LogP) is -0.406. The lowest BCUT2D eigenvalue weighted by Crippen LogP contribution is -2.19. The molecule has 44 valence electrons. The zero-order valence-corrected chi connectivity index (χ0v) is 4.40. The molecule has 5 nitrogen and oxygen atoms in total. The van der Waals surface area contributed by atoms with Crippen LogP contribution in [0.1, 0.15) is 0 Å². The van der Waals surface area contributed by atoms with Gasteiger partial charge in [0.05, 0.1) is 0 Å². The van der Waals surface area contributed by atoms with Gasteiger partial charge < -0.3 is 4.84 Å². The summed E-state index contributed by atoms with van der Waals surface area (Å²) in [5.74, 6) is 0.0116. The molecule has 1 aliphatic rings. The van der Waals surface area contributed by atoms with E-state index >= 15 is 0 Å². The fourth-order valence-corrected chi connectivity index (χ4v) is 0.415. The average Bonchev–Trinajstić information content (AvgIpc) is 2.33. The fourth-order valence-electron chi connectivity index (χ4n) is 0.415. The third kappa shape index (κ3) is 0.752. The number of rotatable bonds is 0. The molecule has 1 heterocycles. The first kappa shape index (κ1) is 5.39. The molecule has 1 rings (SSSR count). The Hall–Kier alpha value is -1.75. The van der Waals surface area contributed by atoms with Gasteiger partial charge in [0.25, 0.3) is 5.84 Å². The molecule has 0 aromatic heterocycles. The molecule has 0 aromatic carbocycles. The van der Waals surface area contributed by atoms with Gasteiger partial charge in [-0.3, -0.25) is 0 Å². The van der Waals surface area contributed by atoms with Crippen molar-refractivity contribution < 1.29 is 4.84 Å². The Labute approximate surface area is 51.3 Å². The van der Waals surface area contributed by atoms with Gasteiger partial charge in [0.15, 0.2) is 6.19 Å². The van der Waals surface area contributed by atoms with Gasteiger partial charge in [-0.1, -0.05) is 5.16 Å². The second kappa shape index (κ2) is 2.01. The lowest BCUT2D eigenvalue weighted by molar-refractivity contribution is 0.130. The Morgan fingerprint density at radius 1 is 1.67 bits per heavy atom. The molecule has 0 N–H and O–H groups in total. The number of hydrogen-bond acceptors (Lipinski definition) is 5. The maximum atomic E-state index is 8.23. The van der Waals surface area contributed by atoms with Crippen molar-refractivity contribution in [1.29, 1.82) is 10.5 Å². The molecule has 1 aliphatic heterocycles. The van der Waals surface area contributed by atoms with Crippen LogP contribution in [0.2, 0.25) is 0 Å². The Kier molecular flexibility index (Phi) is 1.21. The minimum atomic E-state index is 0.0116. The molecule has 0 saturated carbocycles. The largest absolute Gasteiger partial charge is 0.370 e. The average molecular weight is 122 g/mol. The van der Waals surface area contributed by atoms with E-state index in [9.17, 15) is 0 Å². The first-order valence-electron chi connectivity index (χ1n) is 2.16. The zero-order chi connectivity index (χ0) is 6.69. The van der Waals surface area contributed by atoms with E-state index in [4.69, 9.17) is 10.5 Å². The van der Waals surface area contributed by atoms with E-state index in [0.717, 1.165) is 4.90 Å². The third-order valence-electron chi connectivity index (χ3n) is 0.814. The van der Waals surface area contributed by atoms with E-state index in [1.165, 1.54) is 0 Å². The zero-order valence-electron chi connectivity index (χ0n) is 4.40. The molecular formula is C4H2N4O. The highest BCUT2D eigenvalue weighted by Crippen LogP contribution is 1.98. The van der Waals surface area contributed by atoms with Crippen LogP contribution in [0.3, 0.4) is 0 Å². The van der Waals surface area contributed by atoms with Gasteiger partial charge in [0.2, 0.25) is 6.73 Å². The maximum absolute atomic E-state index is 8.23. The number of nitrogens with zero attached hydrogens (tertiary/aromatic N) is 4. The summed E-state index contributed by atoms with van der Waals surface area (Å²) in [5.41, 5.74) is 0. The molecule has 0 unspecified atom stereocenters. The molecule has 9 heavy (non-hydrogen) atoms. The van der Waals surface area contributed by atoms with Crippen molar-refractivity contribution in [3.05, 3.63) is 0 Å². The maximum Gasteiger partial charge on any atom is 0.262 e. The van der Waals surface area contributed by atoms with Crippen LogP contribution >= 0.6 is 0 Å². The predicted molar refractivity (Wildman–Crippen MR) is 26.5 cm³/mol. The normalized spacial score (nSPS) is 15.3. The molecule has 0 saturated heterocycles. The molecular weight excluding hydrogens is 120 g/mol. The summed E-state index contributed by atoms with van der Waals surface area (Å²) >= 11 is 0. The van der Waals surface area contributed by atoms with Crippen LogP contribution in [0.25, 0.3) is 0 Å². The van der Waals surface area contributed by atoms with E-state index in [1.54, 1.807) is 12.3 Å². The van der Waals surface area contributed by atoms with Crippen molar-refractivity contribution in [1.82, 2.24) is 4.90 Å². The highest BCUT2D eigenvalue weighted by atomic mass is 16.7. The quantitative estimate of drug-likeness (QED) is 0.409. The number of amidine groups is 1. The number of oxime groups is 1. The van der Waals surface area contributed by atoms with Crippen LogP contribution in [0.4, 0.5) is 0 Å². The number of nitriles is 2. The highest BCUT2D eigenvalue weighted by molar-refractivity contribution is 5.97. The summed E-state index contributed by atoms with van der Waals surface area (Å²) in [5, 5.41) is 19.7. The van der Waals surface area contributed by atoms with Gasteiger partial charge in [0.1, 0.15) is 6.07 Å². The fraction of sp³-hybridized carbons (Fsp3) is 0.250. The van der Waals surface area contributed by atoms with Crippen molar-refractivity contribution in [3.63, 3.8) is 0 Å². The molecule has 0 radical (unpaired) electrons. The summed E-state index contributed by atoms with van der Waals surface area (Å²) in [6, 6.07) is 1.69. The summed E-state index contributed by atoms with van der Waals surface area (Å²) in [4.78, 5) is 5.48. The molecule has 0 spiro atoms. The molecule has 0 aromatic rings. The Balaban J connectivity index is 2.74. The van der Waals surface area contributed by atoms with E-state index in [1.807, 2.05) is 0 Å². The SMILES string of the molecule is N#CC1=NOCN1C#N. The van der Waals surface area contributed by atoms with E-state index in [-0.39, 0.29) is 12.6 Å². The molecule has 0 bridgehead atoms. The van der Waals surface area contributed by atoms with Crippen LogP contribution in [0.5, 0.6) is 0 Å². The second-order valence-electron chi connectivity index (χ2n) is 1.31. The van der Waals surface area contributed by atoms with Crippen LogP contribution in [0.15, 0.2) is 5.16 Å². The van der Waals surface area contributed by atoms with Gasteiger partial charge in [-0.15, -0.1) is 0 Å². The molecule has 0 aliphatic carbocycles. The second-order valence-corrected chi connectivity index (χ2v) is 1.31. The van der Waals surface area contributed by atoms with Crippen molar-refractivity contribution in [2.75, 3.05) is 6.73 Å². The highest BCUT2D eigenvalue weighted by Gasteiger charge is 2.16. The Bertz CT molecular complexity index is 220. The molecule has 0 amide bonds. The van der Waals surface area contributed by atoms with E-state index < -0.39 is 0 Å². The first-order valence-corrected chi connectivity index (χ1v) is 2.16. The Morgan fingerprint density at radius 2 is 2.44 bits per heavy atom. The van der Waals surface area contributed by atoms with E-state index in [2.05, 4.69) is 9.99 Å². The first-order chi connectivity index (χ1) is 4.38. The summed E-state index contributed by atoms with van der Waals surface area (Å²) in [6.07, 6.45) is 1.72. The smallest absolute Gasteiger partial charge is 0.262 e. The van der Waals surface area contributed by atoms with Crippen molar-refractivity contribution >= 4 is 5.84 Å². The van der Waals surface area contributed by atoms with Gasteiger partial charge in [0, 0.05) is 0 Å². The number of hydrogen-bond donors (Lipinski definition) is 0. The summed E-state index contributed by atoms with van der Waals surface area (Å²) in [7, 11) is 0. The lowest BCUT2D eigenvalue weighted by Gasteiger charge is -1.96. The monoisotopic (exact) mass is 122 g/mol. The van der Waals surface area contributed by atoms with Crippen LogP contribution in [0, 0.1) is 22.8 Å². The van der Waals surface area contributed by atoms with Crippen LogP contribution < -0.4 is 0 Å². The lowest BCUT2D eigenvalue weighted by atomic mass is 10.6. The van der Waals surface area contributed by atoms with Gasteiger partial charge in [-0.05, 0) is 0 Å². The third-order valence-corrected chi connectivity index (χ3v) is 0.814. The molecule has 5 heteroatoms. The van der Waals surface area contributed by atoms with Gasteiger partial charge in [-0.2, -0.15) is 10.5 Å². The molecule has 0 atom stereocenters. The minimum absolute atomic E-state index is 0.0116. The Morgan fingerprint density at radius 3 is 2.89 bits per heavy atom. The van der Waals surface area contributed by atoms with Gasteiger partial charge in [-0.25, -0.2) is 4.90 Å². The summed E-state index contributed by atoms with van der Waals surface area (Å²) < 4.78 is 0. The van der Waals surface area contributed by atoms with Crippen molar-refractivity contribution in [2.45, 2.75) is 0 Å². The van der Waals surface area contributed by atoms with Crippen molar-refractivity contribution in [2.24, 2.45) is 5.16 Å². The minimum Gasteiger partial charge on any atom is -0.370 e. The van der Waals surface area contributed by atoms with Crippen LogP contribution in [-0.2, 0) is 4.84 Å². The standard InChI is InChI=1S/C4H2N4O/c5-1-4-7-9-3-8(4)2-6/h3H2.